The molecule has 6 nitrogen and oxygen atoms in total. The van der Waals surface area contributed by atoms with Gasteiger partial charge in [0, 0.05) is 28.7 Å². The summed E-state index contributed by atoms with van der Waals surface area (Å²) in [6.07, 6.45) is 1.82. The molecule has 8 aromatic rings. The predicted octanol–water partition coefficient (Wildman–Crippen LogP) is 6.31. The summed E-state index contributed by atoms with van der Waals surface area (Å²) in [6, 6.07) is 41.5. The van der Waals surface area contributed by atoms with Crippen LogP contribution in [0.2, 0.25) is 0 Å². The van der Waals surface area contributed by atoms with E-state index in [1.807, 2.05) is 79.0 Å². The van der Waals surface area contributed by atoms with Crippen molar-refractivity contribution < 1.29 is 35.0 Å². The minimum absolute atomic E-state index is 0. The van der Waals surface area contributed by atoms with E-state index < -0.39 is 0 Å². The van der Waals surface area contributed by atoms with Gasteiger partial charge in [0.05, 0.1) is 5.52 Å². The average Bonchev–Trinajstić information content (AvgIpc) is 3.63. The molecule has 2 aliphatic rings. The van der Waals surface area contributed by atoms with Gasteiger partial charge in [-0.2, -0.15) is 6.07 Å². The van der Waals surface area contributed by atoms with Crippen LogP contribution in [0, 0.1) is 12.1 Å². The average molecular weight is 746 g/mol. The molecule has 10 rings (SSSR count). The van der Waals surface area contributed by atoms with Crippen molar-refractivity contribution in [2.45, 2.75) is 0 Å². The zero-order valence-electron chi connectivity index (χ0n) is 22.9. The molecule has 5 heterocycles. The van der Waals surface area contributed by atoms with Crippen LogP contribution in [-0.4, -0.2) is 21.2 Å². The summed E-state index contributed by atoms with van der Waals surface area (Å²) in [5, 5.41) is 2.17. The van der Waals surface area contributed by atoms with Crippen molar-refractivity contribution in [1.29, 1.82) is 0 Å². The molecule has 0 radical (unpaired) electrons. The van der Waals surface area contributed by atoms with Gasteiger partial charge in [-0.3, -0.25) is 4.98 Å². The number of oxazole rings is 1. The van der Waals surface area contributed by atoms with Gasteiger partial charge in [-0.15, -0.1) is 35.2 Å². The Morgan fingerprint density at radius 2 is 1.48 bits per heavy atom. The van der Waals surface area contributed by atoms with E-state index in [1.165, 1.54) is 0 Å². The van der Waals surface area contributed by atoms with Crippen molar-refractivity contribution in [2.75, 3.05) is 0 Å². The number of aromatic nitrogens is 3. The zero-order chi connectivity index (χ0) is 28.1. The van der Waals surface area contributed by atoms with Crippen LogP contribution in [0.5, 0.6) is 23.0 Å². The number of ether oxygens (including phenoxy) is 2. The molecule has 0 atom stereocenters. The SMILES string of the molecule is [Pt+2].[c-]1c(-c2nc3ccccc3o2)ccc2c1B1c3[c-]c4c(cc3Oc3cccc(c31)O2)c1ccccc1n4-c1ccccn1. The van der Waals surface area contributed by atoms with Gasteiger partial charge < -0.3 is 18.5 Å². The first-order valence-electron chi connectivity index (χ1n) is 14.1. The number of rotatable bonds is 2. The Bertz CT molecular complexity index is 2400. The Morgan fingerprint density at radius 3 is 2.34 bits per heavy atom. The normalized spacial score (nSPS) is 12.7. The Hall–Kier alpha value is -5.13. The van der Waals surface area contributed by atoms with Gasteiger partial charge in [-0.05, 0) is 47.9 Å². The van der Waals surface area contributed by atoms with Crippen LogP contribution >= 0.6 is 0 Å². The third-order valence-electron chi connectivity index (χ3n) is 8.38. The van der Waals surface area contributed by atoms with Gasteiger partial charge in [0.25, 0.3) is 0 Å². The summed E-state index contributed by atoms with van der Waals surface area (Å²) in [7, 11) is 0. The molecule has 8 heteroatoms. The van der Waals surface area contributed by atoms with Crippen molar-refractivity contribution in [3.05, 3.63) is 121 Å². The van der Waals surface area contributed by atoms with E-state index in [4.69, 9.17) is 23.9 Å². The van der Waals surface area contributed by atoms with Gasteiger partial charge in [-0.1, -0.05) is 58.9 Å². The molecule has 208 valence electrons. The van der Waals surface area contributed by atoms with Gasteiger partial charge in [-0.25, -0.2) is 4.98 Å². The molecule has 2 aliphatic heterocycles. The first-order chi connectivity index (χ1) is 21.3. The largest absolute Gasteiger partial charge is 2.00 e. The van der Waals surface area contributed by atoms with E-state index in [0.29, 0.717) is 5.89 Å². The Morgan fingerprint density at radius 1 is 0.682 bits per heavy atom. The monoisotopic (exact) mass is 746 g/mol. The molecule has 0 amide bonds. The molecule has 0 spiro atoms. The van der Waals surface area contributed by atoms with Crippen molar-refractivity contribution in [1.82, 2.24) is 14.5 Å². The Balaban J connectivity index is 0.00000270. The number of hydrogen-bond donors (Lipinski definition) is 0. The van der Waals surface area contributed by atoms with E-state index in [2.05, 4.69) is 47.0 Å². The molecule has 0 fully saturated rings. The molecule has 0 saturated heterocycles. The Labute approximate surface area is 266 Å². The molecule has 3 aromatic heterocycles. The molecule has 0 bridgehead atoms. The standard InChI is InChI=1S/C36H18BN3O3.Pt/c1-3-10-27-22(8-1)23-19-33-25(20-28(23)40(27)34-14-5-6-17-38-34)37-24-18-21(36-39-26-9-2-4-11-30(26)43-36)15-16-29(24)41-31-12-7-13-32(42-33)35(31)37;/h1-17,19H;/q-2;+2. The minimum Gasteiger partial charge on any atom is -0.518 e. The molecule has 0 unspecified atom stereocenters. The van der Waals surface area contributed by atoms with E-state index in [0.717, 1.165) is 83.7 Å². The van der Waals surface area contributed by atoms with Crippen LogP contribution in [0.15, 0.2) is 114 Å². The first kappa shape index (κ1) is 25.4. The molecular weight excluding hydrogens is 728 g/mol. The summed E-state index contributed by atoms with van der Waals surface area (Å²) < 4.78 is 21.3. The van der Waals surface area contributed by atoms with Gasteiger partial charge in [0.2, 0.25) is 6.71 Å². The van der Waals surface area contributed by atoms with Crippen molar-refractivity contribution >= 4 is 56.0 Å². The topological polar surface area (TPSA) is 62.3 Å². The second kappa shape index (κ2) is 9.44. The van der Waals surface area contributed by atoms with E-state index in [-0.39, 0.29) is 27.8 Å². The fourth-order valence-electron chi connectivity index (χ4n) is 6.52. The number of nitrogens with zero attached hydrogens (tertiary/aromatic N) is 3. The zero-order valence-corrected chi connectivity index (χ0v) is 25.1. The summed E-state index contributed by atoms with van der Waals surface area (Å²) in [5.41, 5.74) is 7.07. The van der Waals surface area contributed by atoms with Gasteiger partial charge in [0.15, 0.2) is 0 Å². The van der Waals surface area contributed by atoms with Crippen molar-refractivity contribution in [3.63, 3.8) is 0 Å². The van der Waals surface area contributed by atoms with Crippen LogP contribution in [0.4, 0.5) is 0 Å². The maximum absolute atomic E-state index is 6.59. The molecule has 44 heavy (non-hydrogen) atoms. The molecule has 0 N–H and O–H groups in total. The van der Waals surface area contributed by atoms with Gasteiger partial charge in [0.1, 0.15) is 28.8 Å². The predicted molar refractivity (Wildman–Crippen MR) is 167 cm³/mol. The second-order valence-corrected chi connectivity index (χ2v) is 10.8. The van der Waals surface area contributed by atoms with Crippen LogP contribution in [0.3, 0.4) is 0 Å². The van der Waals surface area contributed by atoms with Crippen LogP contribution < -0.4 is 25.9 Å². The van der Waals surface area contributed by atoms with Crippen LogP contribution in [-0.2, 0) is 21.1 Å². The first-order valence-corrected chi connectivity index (χ1v) is 14.1. The van der Waals surface area contributed by atoms with Crippen molar-refractivity contribution in [3.8, 4) is 40.3 Å². The third-order valence-corrected chi connectivity index (χ3v) is 8.38. The fourth-order valence-corrected chi connectivity index (χ4v) is 6.52. The molecule has 5 aromatic carbocycles. The van der Waals surface area contributed by atoms with E-state index in [1.54, 1.807) is 0 Å². The third kappa shape index (κ3) is 3.53. The van der Waals surface area contributed by atoms with Crippen molar-refractivity contribution in [2.24, 2.45) is 0 Å². The molecule has 0 aliphatic carbocycles. The minimum atomic E-state index is -0.220. The number of fused-ring (bicyclic) bond motifs is 8. The summed E-state index contributed by atoms with van der Waals surface area (Å²) in [5.74, 6) is 4.38. The Kier molecular flexibility index (Phi) is 5.44. The van der Waals surface area contributed by atoms with Crippen LogP contribution in [0.1, 0.15) is 0 Å². The van der Waals surface area contributed by atoms with E-state index >= 15 is 0 Å². The maximum atomic E-state index is 6.59. The maximum Gasteiger partial charge on any atom is 2.00 e. The fraction of sp³-hybridized carbons (Fsp3) is 0. The number of para-hydroxylation sites is 3. The number of hydrogen-bond acceptors (Lipinski definition) is 5. The van der Waals surface area contributed by atoms with Gasteiger partial charge >= 0.3 is 21.1 Å². The van der Waals surface area contributed by atoms with E-state index in [9.17, 15) is 0 Å². The number of pyridine rings is 1. The van der Waals surface area contributed by atoms with Crippen LogP contribution in [0.25, 0.3) is 50.2 Å². The molecule has 0 saturated carbocycles. The number of benzene rings is 5. The second-order valence-electron chi connectivity index (χ2n) is 10.8. The molecular formula is C36H18BN3O3Pt. The summed E-state index contributed by atoms with van der Waals surface area (Å²) in [6.45, 7) is -0.220. The smallest absolute Gasteiger partial charge is 0.518 e. The summed E-state index contributed by atoms with van der Waals surface area (Å²) >= 11 is 0. The summed E-state index contributed by atoms with van der Waals surface area (Å²) in [4.78, 5) is 9.43. The quantitative estimate of drug-likeness (QED) is 0.153.